The highest BCUT2D eigenvalue weighted by atomic mass is 16.5. The zero-order valence-corrected chi connectivity index (χ0v) is 20.0. The molecule has 5 nitrogen and oxygen atoms in total. The number of hydrogen-bond acceptors (Lipinski definition) is 4. The molecule has 0 saturated carbocycles. The van der Waals surface area contributed by atoms with Crippen LogP contribution in [0.25, 0.3) is 10.9 Å². The first kappa shape index (κ1) is 22.5. The summed E-state index contributed by atoms with van der Waals surface area (Å²) < 4.78 is 5.53. The van der Waals surface area contributed by atoms with Crippen molar-refractivity contribution in [1.29, 1.82) is 0 Å². The van der Waals surface area contributed by atoms with Crippen molar-refractivity contribution in [2.45, 2.75) is 25.8 Å². The van der Waals surface area contributed by atoms with Crippen molar-refractivity contribution >= 4 is 10.9 Å². The summed E-state index contributed by atoms with van der Waals surface area (Å²) >= 11 is 0. The molecule has 0 spiro atoms. The van der Waals surface area contributed by atoms with E-state index in [1.165, 1.54) is 74.1 Å². The molecule has 0 aliphatic carbocycles. The predicted octanol–water partition coefficient (Wildman–Crippen LogP) is 4.25. The number of nitrogens with one attached hydrogen (secondary N) is 1. The molecule has 2 aromatic carbocycles. The summed E-state index contributed by atoms with van der Waals surface area (Å²) in [6.07, 6.45) is 6.03. The normalized spacial score (nSPS) is 19.3. The topological polar surface area (TPSA) is 34.7 Å². The van der Waals surface area contributed by atoms with E-state index in [-0.39, 0.29) is 0 Å². The molecule has 2 saturated heterocycles. The Morgan fingerprint density at radius 3 is 2.36 bits per heavy atom. The highest BCUT2D eigenvalue weighted by molar-refractivity contribution is 5.83. The summed E-state index contributed by atoms with van der Waals surface area (Å²) in [6.45, 7) is 10.6. The third-order valence-corrected chi connectivity index (χ3v) is 7.65. The molecule has 1 N–H and O–H groups in total. The van der Waals surface area contributed by atoms with Gasteiger partial charge in [0.05, 0.1) is 7.11 Å². The van der Waals surface area contributed by atoms with Crippen LogP contribution in [0.2, 0.25) is 0 Å². The lowest BCUT2D eigenvalue weighted by molar-refractivity contribution is 0.0918. The van der Waals surface area contributed by atoms with E-state index in [9.17, 15) is 0 Å². The fourth-order valence-electron chi connectivity index (χ4n) is 5.58. The van der Waals surface area contributed by atoms with Crippen LogP contribution in [0.3, 0.4) is 0 Å². The molecular formula is C28H38N4O. The van der Waals surface area contributed by atoms with Gasteiger partial charge in [-0.2, -0.15) is 0 Å². The lowest BCUT2D eigenvalue weighted by Gasteiger charge is -2.39. The number of aromatic nitrogens is 1. The number of piperazine rings is 1. The molecule has 0 amide bonds. The van der Waals surface area contributed by atoms with Crippen LogP contribution >= 0.6 is 0 Å². The van der Waals surface area contributed by atoms with Crippen molar-refractivity contribution in [3.8, 4) is 5.75 Å². The molecule has 1 aromatic heterocycles. The van der Waals surface area contributed by atoms with Crippen LogP contribution in [0.4, 0.5) is 0 Å². The molecule has 3 heterocycles. The monoisotopic (exact) mass is 446 g/mol. The van der Waals surface area contributed by atoms with Crippen molar-refractivity contribution in [2.24, 2.45) is 5.92 Å². The molecule has 33 heavy (non-hydrogen) atoms. The lowest BCUT2D eigenvalue weighted by atomic mass is 9.95. The molecule has 0 radical (unpaired) electrons. The van der Waals surface area contributed by atoms with Gasteiger partial charge in [0, 0.05) is 68.5 Å². The Kier molecular flexibility index (Phi) is 7.30. The van der Waals surface area contributed by atoms with E-state index >= 15 is 0 Å². The lowest BCUT2D eigenvalue weighted by Crippen LogP contribution is -2.48. The summed E-state index contributed by atoms with van der Waals surface area (Å²) in [7, 11) is 1.77. The second-order valence-corrected chi connectivity index (χ2v) is 9.78. The second-order valence-electron chi connectivity index (χ2n) is 9.78. The largest absolute Gasteiger partial charge is 0.496 e. The van der Waals surface area contributed by atoms with Crippen molar-refractivity contribution < 1.29 is 4.74 Å². The Bertz CT molecular complexity index is 1020. The molecule has 0 unspecified atom stereocenters. The van der Waals surface area contributed by atoms with E-state index in [2.05, 4.69) is 68.3 Å². The molecule has 2 aliphatic heterocycles. The van der Waals surface area contributed by atoms with Gasteiger partial charge in [0.2, 0.25) is 0 Å². The van der Waals surface area contributed by atoms with E-state index < -0.39 is 0 Å². The fraction of sp³-hybridized carbons (Fsp3) is 0.500. The quantitative estimate of drug-likeness (QED) is 0.561. The van der Waals surface area contributed by atoms with Crippen LogP contribution in [0.15, 0.2) is 54.7 Å². The van der Waals surface area contributed by atoms with Crippen molar-refractivity contribution in [2.75, 3.05) is 59.5 Å². The van der Waals surface area contributed by atoms with Crippen molar-refractivity contribution in [1.82, 2.24) is 19.7 Å². The summed E-state index contributed by atoms with van der Waals surface area (Å²) in [5, 5.41) is 1.39. The number of ether oxygens (including phenoxy) is 1. The first-order valence-corrected chi connectivity index (χ1v) is 12.6. The van der Waals surface area contributed by atoms with Crippen LogP contribution in [-0.4, -0.2) is 79.2 Å². The van der Waals surface area contributed by atoms with E-state index in [4.69, 9.17) is 4.74 Å². The number of aromatic amines is 1. The van der Waals surface area contributed by atoms with Gasteiger partial charge < -0.3 is 19.5 Å². The molecule has 3 aromatic rings. The van der Waals surface area contributed by atoms with E-state index in [0.717, 1.165) is 37.7 Å². The Hall–Kier alpha value is -2.34. The average molecular weight is 447 g/mol. The number of piperidine rings is 1. The highest BCUT2D eigenvalue weighted by Crippen LogP contribution is 2.23. The fourth-order valence-corrected chi connectivity index (χ4v) is 5.58. The zero-order chi connectivity index (χ0) is 22.5. The van der Waals surface area contributed by atoms with E-state index in [0.29, 0.717) is 0 Å². The van der Waals surface area contributed by atoms with Gasteiger partial charge in [-0.05, 0) is 56.0 Å². The molecule has 5 heteroatoms. The number of rotatable bonds is 8. The number of fused-ring (bicyclic) bond motifs is 1. The van der Waals surface area contributed by atoms with Crippen LogP contribution in [0.5, 0.6) is 5.75 Å². The number of para-hydroxylation sites is 2. The van der Waals surface area contributed by atoms with Gasteiger partial charge in [0.25, 0.3) is 0 Å². The predicted molar refractivity (Wildman–Crippen MR) is 136 cm³/mol. The minimum atomic E-state index is 0.857. The standard InChI is InChI=1S/C28H38N4O/c1-33-28-9-5-2-6-25(28)22-32-18-16-31(17-19-32)21-23-10-13-30(14-11-23)15-12-24-20-29-27-8-4-3-7-26(24)27/h2-9,20,23,29H,10-19,21-22H2,1H3. The van der Waals surface area contributed by atoms with Gasteiger partial charge in [-0.3, -0.25) is 4.90 Å². The van der Waals surface area contributed by atoms with Gasteiger partial charge in [-0.1, -0.05) is 36.4 Å². The minimum Gasteiger partial charge on any atom is -0.496 e. The zero-order valence-electron chi connectivity index (χ0n) is 20.0. The number of H-pyrrole nitrogens is 1. The molecular weight excluding hydrogens is 408 g/mol. The van der Waals surface area contributed by atoms with E-state index in [1.807, 2.05) is 6.07 Å². The summed E-state index contributed by atoms with van der Waals surface area (Å²) in [5.74, 6) is 1.87. The molecule has 0 atom stereocenters. The van der Waals surface area contributed by atoms with Crippen LogP contribution in [-0.2, 0) is 13.0 Å². The number of nitrogens with zero attached hydrogens (tertiary/aromatic N) is 3. The van der Waals surface area contributed by atoms with Gasteiger partial charge in [-0.15, -0.1) is 0 Å². The maximum atomic E-state index is 5.53. The minimum absolute atomic E-state index is 0.857. The van der Waals surface area contributed by atoms with Gasteiger partial charge >= 0.3 is 0 Å². The highest BCUT2D eigenvalue weighted by Gasteiger charge is 2.24. The number of likely N-dealkylation sites (tertiary alicyclic amines) is 1. The van der Waals surface area contributed by atoms with Crippen molar-refractivity contribution in [3.05, 3.63) is 65.9 Å². The first-order chi connectivity index (χ1) is 16.3. The van der Waals surface area contributed by atoms with Gasteiger partial charge in [0.1, 0.15) is 5.75 Å². The second kappa shape index (κ2) is 10.7. The molecule has 5 rings (SSSR count). The third kappa shape index (κ3) is 5.60. The van der Waals surface area contributed by atoms with E-state index in [1.54, 1.807) is 7.11 Å². The number of hydrogen-bond donors (Lipinski definition) is 1. The molecule has 2 fully saturated rings. The number of methoxy groups -OCH3 is 1. The smallest absolute Gasteiger partial charge is 0.123 e. The van der Waals surface area contributed by atoms with Crippen LogP contribution in [0, 0.1) is 5.92 Å². The van der Waals surface area contributed by atoms with Gasteiger partial charge in [-0.25, -0.2) is 0 Å². The van der Waals surface area contributed by atoms with Gasteiger partial charge in [0.15, 0.2) is 0 Å². The third-order valence-electron chi connectivity index (χ3n) is 7.65. The van der Waals surface area contributed by atoms with Crippen LogP contribution < -0.4 is 4.74 Å². The maximum Gasteiger partial charge on any atom is 0.123 e. The summed E-state index contributed by atoms with van der Waals surface area (Å²) in [6, 6.07) is 17.1. The Morgan fingerprint density at radius 2 is 1.55 bits per heavy atom. The molecule has 176 valence electrons. The number of benzene rings is 2. The maximum absolute atomic E-state index is 5.53. The molecule has 2 aliphatic rings. The SMILES string of the molecule is COc1ccccc1CN1CCN(CC2CCN(CCc3c[nH]c4ccccc34)CC2)CC1. The Morgan fingerprint density at radius 1 is 0.818 bits per heavy atom. The Balaban J connectivity index is 1.02. The average Bonchev–Trinajstić information content (AvgIpc) is 3.28. The summed E-state index contributed by atoms with van der Waals surface area (Å²) in [4.78, 5) is 11.4. The van der Waals surface area contributed by atoms with Crippen LogP contribution in [0.1, 0.15) is 24.0 Å². The molecule has 0 bridgehead atoms. The van der Waals surface area contributed by atoms with Crippen molar-refractivity contribution in [3.63, 3.8) is 0 Å². The Labute approximate surface area is 198 Å². The summed E-state index contributed by atoms with van der Waals surface area (Å²) in [5.41, 5.74) is 4.02. The first-order valence-electron chi connectivity index (χ1n) is 12.6.